The van der Waals surface area contributed by atoms with Crippen LogP contribution in [0.3, 0.4) is 0 Å². The molecule has 2 heteroatoms. The predicted octanol–water partition coefficient (Wildman–Crippen LogP) is 4.17. The van der Waals surface area contributed by atoms with Crippen LogP contribution < -0.4 is 5.32 Å². The molecule has 20 heavy (non-hydrogen) atoms. The summed E-state index contributed by atoms with van der Waals surface area (Å²) >= 11 is 0. The quantitative estimate of drug-likeness (QED) is 0.875. The summed E-state index contributed by atoms with van der Waals surface area (Å²) in [5, 5.41) is 3.38. The minimum atomic E-state index is 0.120. The van der Waals surface area contributed by atoms with Gasteiger partial charge in [0.2, 0.25) is 0 Å². The second kappa shape index (κ2) is 6.43. The average Bonchev–Trinajstić information content (AvgIpc) is 3.19. The first kappa shape index (κ1) is 13.7. The van der Waals surface area contributed by atoms with E-state index in [2.05, 4.69) is 5.32 Å². The number of carbonyl (C=O) groups is 1. The number of benzene rings is 1. The van der Waals surface area contributed by atoms with Crippen LogP contribution in [-0.2, 0) is 0 Å². The van der Waals surface area contributed by atoms with Crippen LogP contribution in [-0.4, -0.2) is 11.9 Å². The Bertz CT molecular complexity index is 414. The molecule has 1 aromatic carbocycles. The third-order valence-electron chi connectivity index (χ3n) is 5.15. The lowest BCUT2D eigenvalue weighted by Gasteiger charge is -2.30. The maximum atomic E-state index is 12.5. The molecule has 2 aliphatic carbocycles. The lowest BCUT2D eigenvalue weighted by atomic mass is 9.85. The molecule has 0 heterocycles. The lowest BCUT2D eigenvalue weighted by molar-refractivity contribution is 0.0898. The van der Waals surface area contributed by atoms with E-state index < -0.39 is 0 Å². The van der Waals surface area contributed by atoms with Crippen LogP contribution in [0.25, 0.3) is 0 Å². The Balaban J connectivity index is 1.70. The molecule has 2 saturated carbocycles. The number of amides is 1. The largest absolute Gasteiger partial charge is 0.349 e. The Hall–Kier alpha value is -1.31. The smallest absolute Gasteiger partial charge is 0.251 e. The van der Waals surface area contributed by atoms with Crippen molar-refractivity contribution in [2.24, 2.45) is 11.8 Å². The molecular weight excluding hydrogens is 246 g/mol. The van der Waals surface area contributed by atoms with Crippen LogP contribution in [0.4, 0.5) is 0 Å². The molecule has 0 atom stereocenters. The molecule has 2 nitrogen and oxygen atoms in total. The Kier molecular flexibility index (Phi) is 4.39. The average molecular weight is 271 g/mol. The first-order chi connectivity index (χ1) is 9.84. The van der Waals surface area contributed by atoms with Crippen molar-refractivity contribution in [1.82, 2.24) is 5.32 Å². The normalized spacial score (nSPS) is 20.6. The maximum Gasteiger partial charge on any atom is 0.251 e. The molecule has 0 spiro atoms. The van der Waals surface area contributed by atoms with Gasteiger partial charge in [0.05, 0.1) is 0 Å². The van der Waals surface area contributed by atoms with Gasteiger partial charge < -0.3 is 5.32 Å². The van der Waals surface area contributed by atoms with E-state index in [0.29, 0.717) is 17.9 Å². The van der Waals surface area contributed by atoms with Crippen molar-refractivity contribution in [3.05, 3.63) is 35.9 Å². The molecule has 0 aromatic heterocycles. The van der Waals surface area contributed by atoms with Crippen LogP contribution >= 0.6 is 0 Å². The number of hydrogen-bond donors (Lipinski definition) is 1. The third kappa shape index (κ3) is 3.05. The van der Waals surface area contributed by atoms with Crippen LogP contribution in [0.2, 0.25) is 0 Å². The van der Waals surface area contributed by atoms with Crippen LogP contribution in [0.1, 0.15) is 61.7 Å². The zero-order chi connectivity index (χ0) is 13.8. The highest BCUT2D eigenvalue weighted by molar-refractivity contribution is 5.94. The fourth-order valence-electron chi connectivity index (χ4n) is 4.08. The van der Waals surface area contributed by atoms with Crippen molar-refractivity contribution in [3.8, 4) is 0 Å². The van der Waals surface area contributed by atoms with Gasteiger partial charge in [-0.25, -0.2) is 0 Å². The monoisotopic (exact) mass is 271 g/mol. The lowest BCUT2D eigenvalue weighted by Crippen LogP contribution is -2.44. The van der Waals surface area contributed by atoms with E-state index >= 15 is 0 Å². The summed E-state index contributed by atoms with van der Waals surface area (Å²) in [6, 6.07) is 10.1. The minimum Gasteiger partial charge on any atom is -0.349 e. The molecule has 0 unspecified atom stereocenters. The van der Waals surface area contributed by atoms with Gasteiger partial charge in [0.25, 0.3) is 5.91 Å². The maximum absolute atomic E-state index is 12.5. The topological polar surface area (TPSA) is 29.1 Å². The number of rotatable bonds is 4. The number of hydrogen-bond acceptors (Lipinski definition) is 1. The summed E-state index contributed by atoms with van der Waals surface area (Å²) in [5.41, 5.74) is 0.800. The molecule has 3 rings (SSSR count). The molecule has 0 saturated heterocycles. The Morgan fingerprint density at radius 3 is 1.90 bits per heavy atom. The van der Waals surface area contributed by atoms with E-state index in [-0.39, 0.29) is 5.91 Å². The number of carbonyl (C=O) groups excluding carboxylic acids is 1. The molecule has 0 radical (unpaired) electrons. The van der Waals surface area contributed by atoms with Crippen molar-refractivity contribution in [3.63, 3.8) is 0 Å². The van der Waals surface area contributed by atoms with Crippen LogP contribution in [0, 0.1) is 11.8 Å². The second-order valence-electron chi connectivity index (χ2n) is 6.45. The van der Waals surface area contributed by atoms with Gasteiger partial charge in [-0.2, -0.15) is 0 Å². The van der Waals surface area contributed by atoms with Gasteiger partial charge in [-0.3, -0.25) is 4.79 Å². The van der Waals surface area contributed by atoms with Gasteiger partial charge in [-0.1, -0.05) is 43.9 Å². The highest BCUT2D eigenvalue weighted by Gasteiger charge is 2.34. The SMILES string of the molecule is O=C(NC(C1CCCC1)C1CCCC1)c1ccccc1. The van der Waals surface area contributed by atoms with Crippen molar-refractivity contribution < 1.29 is 4.79 Å². The summed E-state index contributed by atoms with van der Waals surface area (Å²) in [4.78, 5) is 12.5. The van der Waals surface area contributed by atoms with Crippen molar-refractivity contribution >= 4 is 5.91 Å². The summed E-state index contributed by atoms with van der Waals surface area (Å²) in [6.07, 6.45) is 10.6. The highest BCUT2D eigenvalue weighted by Crippen LogP contribution is 2.37. The molecule has 2 aliphatic rings. The first-order valence-corrected chi connectivity index (χ1v) is 8.20. The highest BCUT2D eigenvalue weighted by atomic mass is 16.1. The summed E-state index contributed by atoms with van der Waals surface area (Å²) in [7, 11) is 0. The summed E-state index contributed by atoms with van der Waals surface area (Å²) in [5.74, 6) is 1.55. The van der Waals surface area contributed by atoms with E-state index in [0.717, 1.165) is 5.56 Å². The van der Waals surface area contributed by atoms with E-state index in [1.165, 1.54) is 51.4 Å². The summed E-state index contributed by atoms with van der Waals surface area (Å²) in [6.45, 7) is 0. The van der Waals surface area contributed by atoms with Gasteiger partial charge in [-0.15, -0.1) is 0 Å². The fraction of sp³-hybridized carbons (Fsp3) is 0.611. The molecule has 108 valence electrons. The van der Waals surface area contributed by atoms with Gasteiger partial charge in [0.15, 0.2) is 0 Å². The van der Waals surface area contributed by atoms with Gasteiger partial charge in [0, 0.05) is 11.6 Å². The molecule has 1 N–H and O–H groups in total. The second-order valence-corrected chi connectivity index (χ2v) is 6.45. The summed E-state index contributed by atoms with van der Waals surface area (Å²) < 4.78 is 0. The molecule has 0 aliphatic heterocycles. The van der Waals surface area contributed by atoms with Crippen LogP contribution in [0.15, 0.2) is 30.3 Å². The molecule has 1 amide bonds. The standard InChI is InChI=1S/C18H25NO/c20-18(16-12-2-1-3-13-16)19-17(14-8-4-5-9-14)15-10-6-7-11-15/h1-3,12-15,17H,4-11H2,(H,19,20). The third-order valence-corrected chi connectivity index (χ3v) is 5.15. The van der Waals surface area contributed by atoms with E-state index in [1.807, 2.05) is 30.3 Å². The first-order valence-electron chi connectivity index (χ1n) is 8.20. The Labute approximate surface area is 122 Å². The van der Waals surface area contributed by atoms with Gasteiger partial charge in [-0.05, 0) is 49.7 Å². The zero-order valence-corrected chi connectivity index (χ0v) is 12.2. The van der Waals surface area contributed by atoms with Gasteiger partial charge >= 0.3 is 0 Å². The van der Waals surface area contributed by atoms with Crippen LogP contribution in [0.5, 0.6) is 0 Å². The van der Waals surface area contributed by atoms with Crippen molar-refractivity contribution in [2.45, 2.75) is 57.4 Å². The minimum absolute atomic E-state index is 0.120. The molecule has 2 fully saturated rings. The van der Waals surface area contributed by atoms with E-state index in [4.69, 9.17) is 0 Å². The fourth-order valence-corrected chi connectivity index (χ4v) is 4.08. The Morgan fingerprint density at radius 2 is 1.40 bits per heavy atom. The molecular formula is C18H25NO. The predicted molar refractivity (Wildman–Crippen MR) is 81.6 cm³/mol. The molecule has 0 bridgehead atoms. The van der Waals surface area contributed by atoms with Gasteiger partial charge in [0.1, 0.15) is 0 Å². The van der Waals surface area contributed by atoms with Crippen molar-refractivity contribution in [1.29, 1.82) is 0 Å². The zero-order valence-electron chi connectivity index (χ0n) is 12.2. The van der Waals surface area contributed by atoms with E-state index in [1.54, 1.807) is 0 Å². The van der Waals surface area contributed by atoms with E-state index in [9.17, 15) is 4.79 Å². The Morgan fingerprint density at radius 1 is 0.900 bits per heavy atom. The number of nitrogens with one attached hydrogen (secondary N) is 1. The molecule has 1 aromatic rings. The van der Waals surface area contributed by atoms with Crippen molar-refractivity contribution in [2.75, 3.05) is 0 Å².